The average molecular weight is 449 g/mol. The fraction of sp³-hybridized carbons (Fsp3) is 0.385. The van der Waals surface area contributed by atoms with Crippen molar-refractivity contribution >= 4 is 11.7 Å². The first kappa shape index (κ1) is 22.9. The molecule has 0 bridgehead atoms. The lowest BCUT2D eigenvalue weighted by Crippen LogP contribution is -2.21. The molecule has 0 radical (unpaired) electrons. The van der Waals surface area contributed by atoms with Gasteiger partial charge < -0.3 is 19.7 Å². The number of benzene rings is 2. The number of aromatic nitrogens is 2. The van der Waals surface area contributed by atoms with E-state index in [1.807, 2.05) is 50.5 Å². The molecule has 0 unspecified atom stereocenters. The molecule has 1 fully saturated rings. The SMILES string of the molecule is COc1ccc(CC(=O)Nc2cc([C@H]3C[C@@H](c4cccc(OCCN(C)C)c4)C3)n[nH]2)cc1. The van der Waals surface area contributed by atoms with Crippen molar-refractivity contribution in [2.24, 2.45) is 0 Å². The van der Waals surface area contributed by atoms with Gasteiger partial charge in [-0.05, 0) is 68.2 Å². The largest absolute Gasteiger partial charge is 0.497 e. The molecular formula is C26H32N4O3. The highest BCUT2D eigenvalue weighted by atomic mass is 16.5. The van der Waals surface area contributed by atoms with E-state index in [9.17, 15) is 4.79 Å². The van der Waals surface area contributed by atoms with Gasteiger partial charge in [0.15, 0.2) is 0 Å². The number of aromatic amines is 1. The molecule has 0 spiro atoms. The predicted octanol–water partition coefficient (Wildman–Crippen LogP) is 4.20. The molecule has 1 aromatic heterocycles. The van der Waals surface area contributed by atoms with Crippen molar-refractivity contribution < 1.29 is 14.3 Å². The van der Waals surface area contributed by atoms with Crippen LogP contribution in [0.1, 0.15) is 41.5 Å². The van der Waals surface area contributed by atoms with Gasteiger partial charge in [-0.25, -0.2) is 0 Å². The van der Waals surface area contributed by atoms with Crippen LogP contribution >= 0.6 is 0 Å². The van der Waals surface area contributed by atoms with Gasteiger partial charge >= 0.3 is 0 Å². The van der Waals surface area contributed by atoms with Crippen LogP contribution in [0.3, 0.4) is 0 Å². The smallest absolute Gasteiger partial charge is 0.229 e. The Hall–Kier alpha value is -3.32. The average Bonchev–Trinajstić information content (AvgIpc) is 3.21. The second-order valence-corrected chi connectivity index (χ2v) is 8.87. The molecule has 0 saturated heterocycles. The van der Waals surface area contributed by atoms with Crippen molar-refractivity contribution in [2.45, 2.75) is 31.1 Å². The topological polar surface area (TPSA) is 79.5 Å². The van der Waals surface area contributed by atoms with Gasteiger partial charge in [-0.1, -0.05) is 24.3 Å². The van der Waals surface area contributed by atoms with Crippen LogP contribution in [0.4, 0.5) is 5.82 Å². The third kappa shape index (κ3) is 6.14. The molecule has 1 heterocycles. The van der Waals surface area contributed by atoms with Crippen LogP contribution in [0.25, 0.3) is 0 Å². The van der Waals surface area contributed by atoms with E-state index < -0.39 is 0 Å². The Morgan fingerprint density at radius 2 is 1.88 bits per heavy atom. The molecule has 174 valence electrons. The zero-order chi connectivity index (χ0) is 23.2. The maximum Gasteiger partial charge on any atom is 0.229 e. The number of hydrogen-bond donors (Lipinski definition) is 2. The lowest BCUT2D eigenvalue weighted by molar-refractivity contribution is -0.115. The number of rotatable bonds is 10. The lowest BCUT2D eigenvalue weighted by Gasteiger charge is -2.34. The number of likely N-dealkylation sites (N-methyl/N-ethyl adjacent to an activating group) is 1. The van der Waals surface area contributed by atoms with Crippen LogP contribution in [0.15, 0.2) is 54.6 Å². The summed E-state index contributed by atoms with van der Waals surface area (Å²) in [4.78, 5) is 14.5. The number of carbonyl (C=O) groups is 1. The van der Waals surface area contributed by atoms with Gasteiger partial charge in [0.05, 0.1) is 19.2 Å². The molecule has 3 aromatic rings. The maximum atomic E-state index is 12.4. The Morgan fingerprint density at radius 3 is 2.61 bits per heavy atom. The molecule has 1 aliphatic rings. The third-order valence-electron chi connectivity index (χ3n) is 6.09. The summed E-state index contributed by atoms with van der Waals surface area (Å²) in [5.74, 6) is 3.18. The third-order valence-corrected chi connectivity index (χ3v) is 6.09. The van der Waals surface area contributed by atoms with E-state index in [1.165, 1.54) is 5.56 Å². The fourth-order valence-corrected chi connectivity index (χ4v) is 4.07. The van der Waals surface area contributed by atoms with Gasteiger partial charge in [0.25, 0.3) is 0 Å². The number of H-pyrrole nitrogens is 1. The van der Waals surface area contributed by atoms with E-state index in [-0.39, 0.29) is 5.91 Å². The summed E-state index contributed by atoms with van der Waals surface area (Å²) in [5.41, 5.74) is 3.25. The van der Waals surface area contributed by atoms with Crippen LogP contribution in [0.5, 0.6) is 11.5 Å². The van der Waals surface area contributed by atoms with Gasteiger partial charge in [0, 0.05) is 18.5 Å². The summed E-state index contributed by atoms with van der Waals surface area (Å²) in [6.07, 6.45) is 2.40. The molecule has 0 atom stereocenters. The summed E-state index contributed by atoms with van der Waals surface area (Å²) in [7, 11) is 5.71. The monoisotopic (exact) mass is 448 g/mol. The molecule has 4 rings (SSSR count). The van der Waals surface area contributed by atoms with Gasteiger partial charge in [-0.3, -0.25) is 9.89 Å². The zero-order valence-corrected chi connectivity index (χ0v) is 19.5. The van der Waals surface area contributed by atoms with E-state index in [0.29, 0.717) is 30.7 Å². The summed E-state index contributed by atoms with van der Waals surface area (Å²) < 4.78 is 11.0. The minimum Gasteiger partial charge on any atom is -0.497 e. The summed E-state index contributed by atoms with van der Waals surface area (Å²) in [6, 6.07) is 17.9. The van der Waals surface area contributed by atoms with Gasteiger partial charge in [0.2, 0.25) is 5.91 Å². The Labute approximate surface area is 195 Å². The molecule has 0 aliphatic heterocycles. The number of nitrogens with one attached hydrogen (secondary N) is 2. The van der Waals surface area contributed by atoms with E-state index in [1.54, 1.807) is 7.11 Å². The first-order valence-corrected chi connectivity index (χ1v) is 11.4. The highest BCUT2D eigenvalue weighted by molar-refractivity contribution is 5.91. The molecule has 7 nitrogen and oxygen atoms in total. The minimum absolute atomic E-state index is 0.0760. The summed E-state index contributed by atoms with van der Waals surface area (Å²) in [5, 5.41) is 10.3. The first-order valence-electron chi connectivity index (χ1n) is 11.4. The van der Waals surface area contributed by atoms with E-state index in [4.69, 9.17) is 9.47 Å². The van der Waals surface area contributed by atoms with Crippen LogP contribution in [0.2, 0.25) is 0 Å². The zero-order valence-electron chi connectivity index (χ0n) is 19.5. The molecule has 1 aliphatic carbocycles. The Balaban J connectivity index is 1.26. The lowest BCUT2D eigenvalue weighted by atomic mass is 9.70. The molecule has 33 heavy (non-hydrogen) atoms. The number of amides is 1. The quantitative estimate of drug-likeness (QED) is 0.486. The fourth-order valence-electron chi connectivity index (χ4n) is 4.07. The van der Waals surface area contributed by atoms with Crippen molar-refractivity contribution in [2.75, 3.05) is 39.7 Å². The van der Waals surface area contributed by atoms with Crippen molar-refractivity contribution in [3.8, 4) is 11.5 Å². The number of hydrogen-bond acceptors (Lipinski definition) is 5. The van der Waals surface area contributed by atoms with E-state index in [0.717, 1.165) is 42.1 Å². The number of carbonyl (C=O) groups excluding carboxylic acids is 1. The number of nitrogens with zero attached hydrogens (tertiary/aromatic N) is 2. The van der Waals surface area contributed by atoms with E-state index >= 15 is 0 Å². The Kier molecular flexibility index (Phi) is 7.29. The van der Waals surface area contributed by atoms with Gasteiger partial charge in [-0.2, -0.15) is 5.10 Å². The number of ether oxygens (including phenoxy) is 2. The molecule has 7 heteroatoms. The van der Waals surface area contributed by atoms with Crippen LogP contribution in [0, 0.1) is 0 Å². The number of anilines is 1. The summed E-state index contributed by atoms with van der Waals surface area (Å²) in [6.45, 7) is 1.58. The van der Waals surface area contributed by atoms with Crippen molar-refractivity contribution in [3.63, 3.8) is 0 Å². The highest BCUT2D eigenvalue weighted by Gasteiger charge is 2.33. The predicted molar refractivity (Wildman–Crippen MR) is 129 cm³/mol. The van der Waals surface area contributed by atoms with Crippen LogP contribution in [-0.2, 0) is 11.2 Å². The van der Waals surface area contributed by atoms with Crippen molar-refractivity contribution in [3.05, 3.63) is 71.4 Å². The highest BCUT2D eigenvalue weighted by Crippen LogP contribution is 2.47. The van der Waals surface area contributed by atoms with Crippen LogP contribution < -0.4 is 14.8 Å². The van der Waals surface area contributed by atoms with Crippen molar-refractivity contribution in [1.82, 2.24) is 15.1 Å². The summed E-state index contributed by atoms with van der Waals surface area (Å²) >= 11 is 0. The molecule has 1 saturated carbocycles. The Morgan fingerprint density at radius 1 is 1.09 bits per heavy atom. The van der Waals surface area contributed by atoms with Gasteiger partial charge in [-0.15, -0.1) is 0 Å². The molecular weight excluding hydrogens is 416 g/mol. The Bertz CT molecular complexity index is 1060. The minimum atomic E-state index is -0.0760. The molecule has 2 N–H and O–H groups in total. The second kappa shape index (κ2) is 10.5. The molecule has 2 aromatic carbocycles. The normalized spacial score (nSPS) is 17.5. The van der Waals surface area contributed by atoms with Crippen molar-refractivity contribution in [1.29, 1.82) is 0 Å². The second-order valence-electron chi connectivity index (χ2n) is 8.87. The van der Waals surface area contributed by atoms with Gasteiger partial charge in [0.1, 0.15) is 23.9 Å². The number of methoxy groups -OCH3 is 1. The molecule has 1 amide bonds. The first-order chi connectivity index (χ1) is 16.0. The standard InChI is InChI=1S/C26H32N4O3/c1-30(2)11-12-33-23-6-4-5-19(16-23)20-14-21(15-20)24-17-25(29-28-24)27-26(31)13-18-7-9-22(32-3)10-8-18/h4-10,16-17,20-21H,11-15H2,1-3H3,(H2,27,28,29,31)/t20-,21+. The maximum absolute atomic E-state index is 12.4. The van der Waals surface area contributed by atoms with E-state index in [2.05, 4.69) is 38.6 Å². The van der Waals surface area contributed by atoms with Crippen LogP contribution in [-0.4, -0.2) is 55.4 Å².